The number of nitro groups is 1. The summed E-state index contributed by atoms with van der Waals surface area (Å²) in [5, 5.41) is 14.1. The van der Waals surface area contributed by atoms with E-state index in [4.69, 9.17) is 4.42 Å². The van der Waals surface area contributed by atoms with Crippen LogP contribution in [0, 0.1) is 10.1 Å². The number of hydrogen-bond acceptors (Lipinski definition) is 7. The fourth-order valence-corrected chi connectivity index (χ4v) is 1.92. The number of nitrogens with zero attached hydrogens (tertiary/aromatic N) is 4. The zero-order chi connectivity index (χ0) is 15.2. The fraction of sp³-hybridized carbons (Fsp3) is 0.500. The van der Waals surface area contributed by atoms with Crippen LogP contribution in [-0.2, 0) is 4.79 Å². The number of piperazine rings is 1. The van der Waals surface area contributed by atoms with Crippen molar-refractivity contribution in [1.82, 2.24) is 15.2 Å². The largest absolute Gasteiger partial charge is 0.433 e. The summed E-state index contributed by atoms with van der Waals surface area (Å²) in [5.41, 5.74) is 2.37. The van der Waals surface area contributed by atoms with Crippen molar-refractivity contribution in [2.75, 3.05) is 39.8 Å². The molecule has 23 heavy (non-hydrogen) atoms. The van der Waals surface area contributed by atoms with Crippen LogP contribution in [0.25, 0.3) is 0 Å². The Morgan fingerprint density at radius 2 is 2.04 bits per heavy atom. The minimum atomic E-state index is -0.636. The highest BCUT2D eigenvalue weighted by Gasteiger charge is 2.16. The predicted molar refractivity (Wildman–Crippen MR) is 89.5 cm³/mol. The summed E-state index contributed by atoms with van der Waals surface area (Å²) in [5.74, 6) is -0.376. The SMILES string of the molecule is CN1CCN(CC(=O)N/N=C/c2ccc([N+](=O)[O-])o2)CC1.Cl.Cl. The Bertz CT molecular complexity index is 543. The molecule has 1 N–H and O–H groups in total. The van der Waals surface area contributed by atoms with Crippen LogP contribution in [0.2, 0.25) is 0 Å². The van der Waals surface area contributed by atoms with Gasteiger partial charge in [-0.3, -0.25) is 19.8 Å². The average Bonchev–Trinajstić information content (AvgIpc) is 2.90. The zero-order valence-corrected chi connectivity index (χ0v) is 14.1. The van der Waals surface area contributed by atoms with Gasteiger partial charge in [-0.15, -0.1) is 24.8 Å². The van der Waals surface area contributed by atoms with Crippen LogP contribution in [0.5, 0.6) is 0 Å². The molecule has 1 aliphatic rings. The van der Waals surface area contributed by atoms with Gasteiger partial charge in [-0.2, -0.15) is 5.10 Å². The van der Waals surface area contributed by atoms with Gasteiger partial charge in [-0.1, -0.05) is 0 Å². The molecule has 1 aromatic rings. The molecule has 0 aromatic carbocycles. The maximum atomic E-state index is 11.7. The van der Waals surface area contributed by atoms with Crippen LogP contribution >= 0.6 is 24.8 Å². The normalized spacial score (nSPS) is 15.7. The summed E-state index contributed by atoms with van der Waals surface area (Å²) in [4.78, 5) is 25.7. The quantitative estimate of drug-likeness (QED) is 0.467. The van der Waals surface area contributed by atoms with Crippen molar-refractivity contribution in [2.24, 2.45) is 5.10 Å². The highest BCUT2D eigenvalue weighted by Crippen LogP contribution is 2.13. The zero-order valence-electron chi connectivity index (χ0n) is 12.5. The first kappa shape index (κ1) is 21.3. The molecule has 2 heterocycles. The Hall–Kier alpha value is -1.68. The van der Waals surface area contributed by atoms with E-state index in [1.807, 2.05) is 11.9 Å². The summed E-state index contributed by atoms with van der Waals surface area (Å²) in [6.07, 6.45) is 1.23. The lowest BCUT2D eigenvalue weighted by molar-refractivity contribution is -0.402. The van der Waals surface area contributed by atoms with Crippen LogP contribution in [0.4, 0.5) is 5.88 Å². The van der Waals surface area contributed by atoms with E-state index in [1.54, 1.807) is 0 Å². The van der Waals surface area contributed by atoms with Crippen molar-refractivity contribution in [1.29, 1.82) is 0 Å². The molecular weight excluding hydrogens is 349 g/mol. The van der Waals surface area contributed by atoms with Crippen LogP contribution in [-0.4, -0.2) is 66.6 Å². The van der Waals surface area contributed by atoms with Crippen LogP contribution in [0.15, 0.2) is 21.7 Å². The Labute approximate surface area is 145 Å². The summed E-state index contributed by atoms with van der Waals surface area (Å²) >= 11 is 0. The standard InChI is InChI=1S/C12H17N5O4.2ClH/c1-15-4-6-16(7-5-15)9-11(18)14-13-8-10-2-3-12(21-10)17(19)20;;/h2-3,8H,4-7,9H2,1H3,(H,14,18);2*1H/b13-8+;;. The third-order valence-electron chi connectivity index (χ3n) is 3.14. The van der Waals surface area contributed by atoms with Crippen LogP contribution < -0.4 is 5.43 Å². The van der Waals surface area contributed by atoms with Gasteiger partial charge < -0.3 is 9.32 Å². The minimum Gasteiger partial charge on any atom is -0.400 e. The number of nitrogens with one attached hydrogen (secondary N) is 1. The number of carbonyl (C=O) groups is 1. The summed E-state index contributed by atoms with van der Waals surface area (Å²) in [6.45, 7) is 3.85. The summed E-state index contributed by atoms with van der Waals surface area (Å²) in [7, 11) is 2.05. The number of hydrogen-bond donors (Lipinski definition) is 1. The molecule has 0 bridgehead atoms. The third kappa shape index (κ3) is 6.95. The first-order chi connectivity index (χ1) is 10.0. The van der Waals surface area contributed by atoms with Crippen molar-refractivity contribution in [2.45, 2.75) is 0 Å². The fourth-order valence-electron chi connectivity index (χ4n) is 1.92. The molecule has 0 unspecified atom stereocenters. The van der Waals surface area contributed by atoms with Gasteiger partial charge in [-0.25, -0.2) is 5.43 Å². The van der Waals surface area contributed by atoms with E-state index in [0.717, 1.165) is 26.2 Å². The van der Waals surface area contributed by atoms with Gasteiger partial charge in [0.15, 0.2) is 5.76 Å². The van der Waals surface area contributed by atoms with Gasteiger partial charge in [0, 0.05) is 26.2 Å². The van der Waals surface area contributed by atoms with Gasteiger partial charge in [0.25, 0.3) is 5.91 Å². The lowest BCUT2D eigenvalue weighted by Gasteiger charge is -2.31. The first-order valence-electron chi connectivity index (χ1n) is 6.51. The van der Waals surface area contributed by atoms with E-state index in [0.29, 0.717) is 0 Å². The molecule has 0 atom stereocenters. The minimum absolute atomic E-state index is 0. The van der Waals surface area contributed by atoms with E-state index < -0.39 is 4.92 Å². The van der Waals surface area contributed by atoms with Gasteiger partial charge in [0.05, 0.1) is 18.8 Å². The number of furan rings is 1. The summed E-state index contributed by atoms with van der Waals surface area (Å²) < 4.78 is 4.87. The summed E-state index contributed by atoms with van der Waals surface area (Å²) in [6, 6.07) is 2.64. The van der Waals surface area contributed by atoms with Gasteiger partial charge in [0.1, 0.15) is 4.92 Å². The monoisotopic (exact) mass is 367 g/mol. The molecule has 1 aromatic heterocycles. The molecule has 11 heteroatoms. The van der Waals surface area contributed by atoms with E-state index in [1.165, 1.54) is 18.3 Å². The van der Waals surface area contributed by atoms with Crippen molar-refractivity contribution >= 4 is 42.8 Å². The number of rotatable bonds is 5. The van der Waals surface area contributed by atoms with Gasteiger partial charge in [-0.05, 0) is 13.1 Å². The molecule has 1 fully saturated rings. The molecule has 0 spiro atoms. The second-order valence-electron chi connectivity index (χ2n) is 4.81. The van der Waals surface area contributed by atoms with E-state index in [-0.39, 0.29) is 48.9 Å². The van der Waals surface area contributed by atoms with Crippen molar-refractivity contribution in [3.05, 3.63) is 28.0 Å². The average molecular weight is 368 g/mol. The van der Waals surface area contributed by atoms with Gasteiger partial charge in [0.2, 0.25) is 0 Å². The molecule has 0 aliphatic carbocycles. The molecule has 9 nitrogen and oxygen atoms in total. The van der Waals surface area contributed by atoms with E-state index in [9.17, 15) is 14.9 Å². The lowest BCUT2D eigenvalue weighted by atomic mass is 10.3. The third-order valence-corrected chi connectivity index (χ3v) is 3.14. The lowest BCUT2D eigenvalue weighted by Crippen LogP contribution is -2.47. The molecule has 1 amide bonds. The molecular formula is C12H19Cl2N5O4. The molecule has 130 valence electrons. The molecule has 1 aliphatic heterocycles. The van der Waals surface area contributed by atoms with E-state index in [2.05, 4.69) is 15.4 Å². The maximum Gasteiger partial charge on any atom is 0.433 e. The highest BCUT2D eigenvalue weighted by atomic mass is 35.5. The Kier molecular flexibility index (Phi) is 9.42. The predicted octanol–water partition coefficient (Wildman–Crippen LogP) is 0.729. The first-order valence-corrected chi connectivity index (χ1v) is 6.51. The van der Waals surface area contributed by atoms with Crippen molar-refractivity contribution in [3.63, 3.8) is 0 Å². The smallest absolute Gasteiger partial charge is 0.400 e. The topological polar surface area (TPSA) is 104 Å². The molecule has 0 radical (unpaired) electrons. The number of halogens is 2. The number of carbonyl (C=O) groups excluding carboxylic acids is 1. The molecule has 0 saturated carbocycles. The Balaban J connectivity index is 0.00000242. The van der Waals surface area contributed by atoms with Crippen LogP contribution in [0.3, 0.4) is 0 Å². The van der Waals surface area contributed by atoms with Crippen molar-refractivity contribution < 1.29 is 14.1 Å². The van der Waals surface area contributed by atoms with Crippen molar-refractivity contribution in [3.8, 4) is 0 Å². The molecule has 1 saturated heterocycles. The Morgan fingerprint density at radius 3 is 2.61 bits per heavy atom. The number of likely N-dealkylation sites (N-methyl/N-ethyl adjacent to an activating group) is 1. The maximum absolute atomic E-state index is 11.7. The highest BCUT2D eigenvalue weighted by molar-refractivity contribution is 5.85. The van der Waals surface area contributed by atoms with Gasteiger partial charge >= 0.3 is 5.88 Å². The van der Waals surface area contributed by atoms with E-state index >= 15 is 0 Å². The number of hydrazone groups is 1. The second kappa shape index (κ2) is 10.2. The van der Waals surface area contributed by atoms with Crippen LogP contribution in [0.1, 0.15) is 5.76 Å². The second-order valence-corrected chi connectivity index (χ2v) is 4.81. The molecule has 2 rings (SSSR count). The Morgan fingerprint density at radius 1 is 1.39 bits per heavy atom. The number of amides is 1.